The van der Waals surface area contributed by atoms with Crippen LogP contribution in [0.5, 0.6) is 0 Å². The minimum atomic E-state index is -0.813. The van der Waals surface area contributed by atoms with E-state index in [0.717, 1.165) is 12.8 Å². The highest BCUT2D eigenvalue weighted by molar-refractivity contribution is 5.74. The molecule has 0 aromatic rings. The van der Waals surface area contributed by atoms with E-state index in [1.165, 1.54) is 0 Å². The normalized spacial score (nSPS) is 20.4. The van der Waals surface area contributed by atoms with Crippen LogP contribution in [0.2, 0.25) is 0 Å². The van der Waals surface area contributed by atoms with Crippen LogP contribution in [-0.2, 0) is 9.53 Å². The number of hydrogen-bond donors (Lipinski definition) is 2. The van der Waals surface area contributed by atoms with Gasteiger partial charge in [0.15, 0.2) is 0 Å². The smallest absolute Gasteiger partial charge is 0.317 e. The molecule has 1 unspecified atom stereocenters. The van der Waals surface area contributed by atoms with Crippen molar-refractivity contribution >= 4 is 12.0 Å². The predicted molar refractivity (Wildman–Crippen MR) is 80.2 cm³/mol. The molecule has 2 amide bonds. The van der Waals surface area contributed by atoms with Crippen molar-refractivity contribution in [3.05, 3.63) is 0 Å². The van der Waals surface area contributed by atoms with Gasteiger partial charge in [0.05, 0.1) is 12.7 Å². The molecule has 6 heteroatoms. The molecule has 1 rings (SSSR count). The lowest BCUT2D eigenvalue weighted by Crippen LogP contribution is -2.50. The number of amides is 2. The monoisotopic (exact) mass is 300 g/mol. The van der Waals surface area contributed by atoms with Crippen LogP contribution in [0, 0.1) is 11.8 Å². The van der Waals surface area contributed by atoms with Crippen molar-refractivity contribution in [1.82, 2.24) is 10.2 Å². The first-order chi connectivity index (χ1) is 9.92. The SMILES string of the molecule is CCC1CN(C(=O)NC[C@H](CC(=O)O)CC(C)C)CCO1. The van der Waals surface area contributed by atoms with Gasteiger partial charge in [-0.05, 0) is 24.7 Å². The van der Waals surface area contributed by atoms with Gasteiger partial charge in [0.2, 0.25) is 0 Å². The molecule has 0 radical (unpaired) electrons. The number of ether oxygens (including phenoxy) is 1. The number of aliphatic carboxylic acids is 1. The Balaban J connectivity index is 2.42. The molecule has 1 aliphatic heterocycles. The van der Waals surface area contributed by atoms with E-state index in [9.17, 15) is 9.59 Å². The lowest BCUT2D eigenvalue weighted by Gasteiger charge is -2.33. The Morgan fingerprint density at radius 2 is 2.14 bits per heavy atom. The maximum Gasteiger partial charge on any atom is 0.317 e. The predicted octanol–water partition coefficient (Wildman–Crippen LogP) is 1.94. The lowest BCUT2D eigenvalue weighted by molar-refractivity contribution is -0.138. The van der Waals surface area contributed by atoms with Crippen LogP contribution in [0.1, 0.15) is 40.0 Å². The van der Waals surface area contributed by atoms with Gasteiger partial charge < -0.3 is 20.1 Å². The van der Waals surface area contributed by atoms with Gasteiger partial charge in [0.1, 0.15) is 0 Å². The second-order valence-electron chi connectivity index (χ2n) is 6.13. The molecular formula is C15H28N2O4. The molecule has 1 aliphatic rings. The van der Waals surface area contributed by atoms with E-state index in [0.29, 0.717) is 32.2 Å². The molecule has 0 spiro atoms. The summed E-state index contributed by atoms with van der Waals surface area (Å²) in [6, 6.07) is -0.115. The van der Waals surface area contributed by atoms with Crippen molar-refractivity contribution in [3.63, 3.8) is 0 Å². The maximum absolute atomic E-state index is 12.1. The number of carboxylic acids is 1. The van der Waals surface area contributed by atoms with Crippen LogP contribution in [-0.4, -0.2) is 54.4 Å². The highest BCUT2D eigenvalue weighted by atomic mass is 16.5. The van der Waals surface area contributed by atoms with Crippen LogP contribution in [0.15, 0.2) is 0 Å². The summed E-state index contributed by atoms with van der Waals surface area (Å²) in [5, 5.41) is 11.8. The average Bonchev–Trinajstić information content (AvgIpc) is 2.43. The zero-order valence-electron chi connectivity index (χ0n) is 13.3. The highest BCUT2D eigenvalue weighted by Crippen LogP contribution is 2.15. The number of morpholine rings is 1. The van der Waals surface area contributed by atoms with E-state index in [1.807, 2.05) is 6.92 Å². The van der Waals surface area contributed by atoms with E-state index >= 15 is 0 Å². The van der Waals surface area contributed by atoms with Gasteiger partial charge in [0.25, 0.3) is 0 Å². The van der Waals surface area contributed by atoms with E-state index in [2.05, 4.69) is 19.2 Å². The third kappa shape index (κ3) is 6.80. The molecule has 1 saturated heterocycles. The number of nitrogens with one attached hydrogen (secondary N) is 1. The quantitative estimate of drug-likeness (QED) is 0.753. The largest absolute Gasteiger partial charge is 0.481 e. The zero-order valence-corrected chi connectivity index (χ0v) is 13.3. The summed E-state index contributed by atoms with van der Waals surface area (Å²) in [6.07, 6.45) is 1.89. The van der Waals surface area contributed by atoms with E-state index in [1.54, 1.807) is 4.90 Å². The third-order valence-electron chi connectivity index (χ3n) is 3.69. The van der Waals surface area contributed by atoms with Crippen molar-refractivity contribution in [1.29, 1.82) is 0 Å². The summed E-state index contributed by atoms with van der Waals surface area (Å²) in [4.78, 5) is 24.8. The summed E-state index contributed by atoms with van der Waals surface area (Å²) in [6.45, 7) is 8.34. The van der Waals surface area contributed by atoms with Gasteiger partial charge in [-0.25, -0.2) is 4.79 Å². The Hall–Kier alpha value is -1.30. The van der Waals surface area contributed by atoms with Crippen molar-refractivity contribution in [3.8, 4) is 0 Å². The van der Waals surface area contributed by atoms with Crippen molar-refractivity contribution < 1.29 is 19.4 Å². The summed E-state index contributed by atoms with van der Waals surface area (Å²) in [5.74, 6) is -0.416. The number of carbonyl (C=O) groups is 2. The number of carbonyl (C=O) groups excluding carboxylic acids is 1. The van der Waals surface area contributed by atoms with Crippen LogP contribution in [0.4, 0.5) is 4.79 Å². The molecule has 0 aromatic carbocycles. The minimum absolute atomic E-state index is 0.0190. The molecule has 0 bridgehead atoms. The van der Waals surface area contributed by atoms with Gasteiger partial charge in [-0.1, -0.05) is 20.8 Å². The summed E-state index contributed by atoms with van der Waals surface area (Å²) >= 11 is 0. The molecule has 2 atom stereocenters. The van der Waals surface area contributed by atoms with Gasteiger partial charge in [-0.3, -0.25) is 4.79 Å². The molecule has 2 N–H and O–H groups in total. The Labute approximate surface area is 126 Å². The third-order valence-corrected chi connectivity index (χ3v) is 3.69. The topological polar surface area (TPSA) is 78.9 Å². The average molecular weight is 300 g/mol. The first-order valence-electron chi connectivity index (χ1n) is 7.78. The molecule has 122 valence electrons. The maximum atomic E-state index is 12.1. The van der Waals surface area contributed by atoms with E-state index in [-0.39, 0.29) is 24.5 Å². The fourth-order valence-electron chi connectivity index (χ4n) is 2.65. The van der Waals surface area contributed by atoms with Crippen LogP contribution >= 0.6 is 0 Å². The van der Waals surface area contributed by atoms with Crippen molar-refractivity contribution in [2.75, 3.05) is 26.2 Å². The lowest BCUT2D eigenvalue weighted by atomic mass is 9.94. The summed E-state index contributed by atoms with van der Waals surface area (Å²) in [5.41, 5.74) is 0. The molecular weight excluding hydrogens is 272 g/mol. The molecule has 0 aliphatic carbocycles. The Morgan fingerprint density at radius 3 is 2.71 bits per heavy atom. The number of urea groups is 1. The first kappa shape index (κ1) is 17.8. The zero-order chi connectivity index (χ0) is 15.8. The summed E-state index contributed by atoms with van der Waals surface area (Å²) in [7, 11) is 0. The van der Waals surface area contributed by atoms with E-state index < -0.39 is 5.97 Å². The molecule has 6 nitrogen and oxygen atoms in total. The van der Waals surface area contributed by atoms with Crippen LogP contribution in [0.25, 0.3) is 0 Å². The minimum Gasteiger partial charge on any atom is -0.481 e. The number of nitrogens with zero attached hydrogens (tertiary/aromatic N) is 1. The molecule has 0 saturated carbocycles. The molecule has 1 fully saturated rings. The van der Waals surface area contributed by atoms with Crippen molar-refractivity contribution in [2.45, 2.75) is 46.1 Å². The van der Waals surface area contributed by atoms with Crippen molar-refractivity contribution in [2.24, 2.45) is 11.8 Å². The Morgan fingerprint density at radius 1 is 1.43 bits per heavy atom. The molecule has 0 aromatic heterocycles. The number of rotatable bonds is 7. The van der Waals surface area contributed by atoms with Crippen LogP contribution in [0.3, 0.4) is 0 Å². The molecule has 1 heterocycles. The highest BCUT2D eigenvalue weighted by Gasteiger charge is 2.24. The number of carboxylic acid groups (broad SMARTS) is 1. The molecule has 21 heavy (non-hydrogen) atoms. The van der Waals surface area contributed by atoms with Gasteiger partial charge >= 0.3 is 12.0 Å². The first-order valence-corrected chi connectivity index (χ1v) is 7.78. The standard InChI is InChI=1S/C15H28N2O4/c1-4-13-10-17(5-6-21-13)15(20)16-9-12(7-11(2)3)8-14(18)19/h11-13H,4-10H2,1-3H3,(H,16,20)(H,18,19)/t12-,13?/m0/s1. The second kappa shape index (κ2) is 8.87. The van der Waals surface area contributed by atoms with Gasteiger partial charge in [0, 0.05) is 26.1 Å². The summed E-state index contributed by atoms with van der Waals surface area (Å²) < 4.78 is 5.54. The van der Waals surface area contributed by atoms with Gasteiger partial charge in [-0.2, -0.15) is 0 Å². The van der Waals surface area contributed by atoms with E-state index in [4.69, 9.17) is 9.84 Å². The fourth-order valence-corrected chi connectivity index (χ4v) is 2.65. The number of hydrogen-bond acceptors (Lipinski definition) is 3. The van der Waals surface area contributed by atoms with Gasteiger partial charge in [-0.15, -0.1) is 0 Å². The second-order valence-corrected chi connectivity index (χ2v) is 6.13. The Bertz CT molecular complexity index is 347. The van der Waals surface area contributed by atoms with Crippen LogP contribution < -0.4 is 5.32 Å². The fraction of sp³-hybridized carbons (Fsp3) is 0.867. The Kier molecular flexibility index (Phi) is 7.50.